The molecule has 2 aliphatic heterocycles. The first-order chi connectivity index (χ1) is 15.6. The molecule has 2 heterocycles. The number of methoxy groups -OCH3 is 1. The van der Waals surface area contributed by atoms with Crippen LogP contribution in [0.3, 0.4) is 0 Å². The zero-order valence-electron chi connectivity index (χ0n) is 18.4. The number of rotatable bonds is 6. The van der Waals surface area contributed by atoms with Crippen LogP contribution in [-0.4, -0.2) is 62.4 Å². The molecule has 0 aliphatic carbocycles. The third kappa shape index (κ3) is 4.30. The number of anilines is 1. The highest BCUT2D eigenvalue weighted by Gasteiger charge is 2.50. The topological polar surface area (TPSA) is 113 Å². The van der Waals surface area contributed by atoms with E-state index in [9.17, 15) is 22.8 Å². The minimum absolute atomic E-state index is 0.00699. The van der Waals surface area contributed by atoms with Gasteiger partial charge >= 0.3 is 6.03 Å². The number of ether oxygens (including phenoxy) is 1. The molecule has 2 aromatic rings. The van der Waals surface area contributed by atoms with Crippen molar-refractivity contribution in [2.45, 2.75) is 24.9 Å². The molecule has 4 amide bonds. The van der Waals surface area contributed by atoms with Gasteiger partial charge in [-0.3, -0.25) is 14.5 Å². The third-order valence-electron chi connectivity index (χ3n) is 6.11. The zero-order valence-corrected chi connectivity index (χ0v) is 19.2. The summed E-state index contributed by atoms with van der Waals surface area (Å²) in [6.45, 7) is 1.08. The van der Waals surface area contributed by atoms with E-state index in [4.69, 9.17) is 4.74 Å². The summed E-state index contributed by atoms with van der Waals surface area (Å²) in [5.41, 5.74) is -0.259. The molecule has 0 saturated carbocycles. The van der Waals surface area contributed by atoms with Crippen molar-refractivity contribution in [3.05, 3.63) is 60.2 Å². The Labute approximate surface area is 192 Å². The summed E-state index contributed by atoms with van der Waals surface area (Å²) in [7, 11) is -1.73. The van der Waals surface area contributed by atoms with Gasteiger partial charge in [-0.05, 0) is 43.2 Å². The molecule has 2 saturated heterocycles. The second kappa shape index (κ2) is 8.51. The molecule has 0 bridgehead atoms. The lowest BCUT2D eigenvalue weighted by molar-refractivity contribution is -0.134. The fourth-order valence-electron chi connectivity index (χ4n) is 4.30. The first kappa shape index (κ1) is 22.8. The number of nitrogens with zero attached hydrogens (tertiary/aromatic N) is 2. The van der Waals surface area contributed by atoms with Gasteiger partial charge in [0.25, 0.3) is 5.91 Å². The fourth-order valence-corrected chi connectivity index (χ4v) is 6.00. The van der Waals surface area contributed by atoms with Crippen molar-refractivity contribution in [2.75, 3.05) is 30.1 Å². The maximum Gasteiger partial charge on any atom is 0.325 e. The van der Waals surface area contributed by atoms with Gasteiger partial charge in [0.05, 0.1) is 24.7 Å². The Balaban J connectivity index is 1.59. The third-order valence-corrected chi connectivity index (χ3v) is 7.86. The molecule has 10 heteroatoms. The van der Waals surface area contributed by atoms with Crippen molar-refractivity contribution in [3.8, 4) is 5.75 Å². The Hall–Kier alpha value is -3.40. The van der Waals surface area contributed by atoms with E-state index in [0.717, 1.165) is 4.90 Å². The van der Waals surface area contributed by atoms with Crippen molar-refractivity contribution in [1.29, 1.82) is 0 Å². The van der Waals surface area contributed by atoms with Gasteiger partial charge in [0.2, 0.25) is 5.91 Å². The molecule has 2 aromatic carbocycles. The Morgan fingerprint density at radius 2 is 1.82 bits per heavy atom. The summed E-state index contributed by atoms with van der Waals surface area (Å²) in [6.07, 6.45) is 0.298. The van der Waals surface area contributed by atoms with E-state index in [-0.39, 0.29) is 11.5 Å². The number of para-hydroxylation sites is 1. The molecule has 0 unspecified atom stereocenters. The number of carbonyl (C=O) groups excluding carboxylic acids is 3. The Bertz CT molecular complexity index is 1180. The highest BCUT2D eigenvalue weighted by atomic mass is 32.2. The number of sulfone groups is 1. The van der Waals surface area contributed by atoms with Crippen molar-refractivity contribution >= 4 is 33.4 Å². The number of benzene rings is 2. The molecular formula is C23H25N3O6S. The van der Waals surface area contributed by atoms with Gasteiger partial charge in [-0.1, -0.05) is 30.3 Å². The predicted octanol–water partition coefficient (Wildman–Crippen LogP) is 1.68. The van der Waals surface area contributed by atoms with Gasteiger partial charge in [0.1, 0.15) is 17.8 Å². The quantitative estimate of drug-likeness (QED) is 0.642. The van der Waals surface area contributed by atoms with Crippen molar-refractivity contribution in [3.63, 3.8) is 0 Å². The smallest absolute Gasteiger partial charge is 0.325 e. The molecule has 9 nitrogen and oxygen atoms in total. The van der Waals surface area contributed by atoms with E-state index in [2.05, 4.69) is 5.32 Å². The van der Waals surface area contributed by atoms with Gasteiger partial charge in [-0.2, -0.15) is 0 Å². The minimum atomic E-state index is -3.26. The average Bonchev–Trinajstić information content (AvgIpc) is 3.26. The molecule has 33 heavy (non-hydrogen) atoms. The standard InChI is InChI=1S/C23H25N3O6S/c1-23(16-8-10-19(32-2)11-9-16)21(28)25(22(29)24-23)14-20(27)26(17-6-4-3-5-7-17)18-12-13-33(30,31)15-18/h3-11,18H,12-15H2,1-2H3,(H,24,29)/t18-,23+/m1/s1. The maximum absolute atomic E-state index is 13.4. The largest absolute Gasteiger partial charge is 0.497 e. The summed E-state index contributed by atoms with van der Waals surface area (Å²) in [4.78, 5) is 41.6. The second-order valence-electron chi connectivity index (χ2n) is 8.33. The number of amides is 4. The summed E-state index contributed by atoms with van der Waals surface area (Å²) < 4.78 is 29.3. The summed E-state index contributed by atoms with van der Waals surface area (Å²) in [5.74, 6) is -0.635. The van der Waals surface area contributed by atoms with Crippen LogP contribution in [0.15, 0.2) is 54.6 Å². The Morgan fingerprint density at radius 1 is 1.15 bits per heavy atom. The van der Waals surface area contributed by atoms with E-state index < -0.39 is 45.8 Å². The van der Waals surface area contributed by atoms with Crippen LogP contribution in [-0.2, 0) is 25.0 Å². The van der Waals surface area contributed by atoms with E-state index in [1.807, 2.05) is 0 Å². The van der Waals surface area contributed by atoms with Gasteiger partial charge in [0, 0.05) is 5.69 Å². The number of carbonyl (C=O) groups is 3. The van der Waals surface area contributed by atoms with Crippen LogP contribution in [0, 0.1) is 0 Å². The highest BCUT2D eigenvalue weighted by Crippen LogP contribution is 2.31. The monoisotopic (exact) mass is 471 g/mol. The number of hydrogen-bond acceptors (Lipinski definition) is 6. The van der Waals surface area contributed by atoms with Crippen LogP contribution >= 0.6 is 0 Å². The summed E-state index contributed by atoms with van der Waals surface area (Å²) in [6, 6.07) is 14.2. The maximum atomic E-state index is 13.4. The molecule has 2 aliphatic rings. The highest BCUT2D eigenvalue weighted by molar-refractivity contribution is 7.91. The van der Waals surface area contributed by atoms with E-state index in [0.29, 0.717) is 23.4 Å². The molecule has 1 N–H and O–H groups in total. The summed E-state index contributed by atoms with van der Waals surface area (Å²) >= 11 is 0. The van der Waals surface area contributed by atoms with Crippen LogP contribution in [0.25, 0.3) is 0 Å². The van der Waals surface area contributed by atoms with Gasteiger partial charge in [-0.15, -0.1) is 0 Å². The van der Waals surface area contributed by atoms with Crippen molar-refractivity contribution < 1.29 is 27.5 Å². The number of nitrogens with one attached hydrogen (secondary N) is 1. The summed E-state index contributed by atoms with van der Waals surface area (Å²) in [5, 5.41) is 2.68. The van der Waals surface area contributed by atoms with Gasteiger partial charge in [0.15, 0.2) is 9.84 Å². The van der Waals surface area contributed by atoms with Gasteiger partial charge < -0.3 is 15.0 Å². The normalized spacial score (nSPS) is 23.9. The predicted molar refractivity (Wildman–Crippen MR) is 122 cm³/mol. The van der Waals surface area contributed by atoms with Crippen LogP contribution in [0.5, 0.6) is 5.75 Å². The Morgan fingerprint density at radius 3 is 2.39 bits per heavy atom. The van der Waals surface area contributed by atoms with E-state index in [1.165, 1.54) is 12.0 Å². The first-order valence-electron chi connectivity index (χ1n) is 10.5. The van der Waals surface area contributed by atoms with Crippen LogP contribution in [0.1, 0.15) is 18.9 Å². The number of hydrogen-bond donors (Lipinski definition) is 1. The molecule has 0 spiro atoms. The average molecular weight is 472 g/mol. The lowest BCUT2D eigenvalue weighted by Crippen LogP contribution is -2.48. The first-order valence-corrected chi connectivity index (χ1v) is 12.3. The molecule has 174 valence electrons. The zero-order chi connectivity index (χ0) is 23.8. The van der Waals surface area contributed by atoms with Crippen LogP contribution in [0.4, 0.5) is 10.5 Å². The number of urea groups is 1. The molecule has 2 atom stereocenters. The Kier molecular flexibility index (Phi) is 5.87. The number of imide groups is 1. The van der Waals surface area contributed by atoms with E-state index >= 15 is 0 Å². The minimum Gasteiger partial charge on any atom is -0.497 e. The lowest BCUT2D eigenvalue weighted by atomic mass is 9.92. The van der Waals surface area contributed by atoms with Crippen molar-refractivity contribution in [1.82, 2.24) is 10.2 Å². The van der Waals surface area contributed by atoms with Crippen molar-refractivity contribution in [2.24, 2.45) is 0 Å². The van der Waals surface area contributed by atoms with E-state index in [1.54, 1.807) is 61.5 Å². The molecule has 4 rings (SSSR count). The molecular weight excluding hydrogens is 446 g/mol. The molecule has 0 aromatic heterocycles. The molecule has 0 radical (unpaired) electrons. The fraction of sp³-hybridized carbons (Fsp3) is 0.348. The molecule has 2 fully saturated rings. The van der Waals surface area contributed by atoms with Crippen LogP contribution < -0.4 is 15.0 Å². The van der Waals surface area contributed by atoms with Crippen LogP contribution in [0.2, 0.25) is 0 Å². The SMILES string of the molecule is COc1ccc([C@]2(C)NC(=O)N(CC(=O)N(c3ccccc3)[C@@H]3CCS(=O)(=O)C3)C2=O)cc1. The van der Waals surface area contributed by atoms with Gasteiger partial charge in [-0.25, -0.2) is 13.2 Å². The lowest BCUT2D eigenvalue weighted by Gasteiger charge is -2.30. The second-order valence-corrected chi connectivity index (χ2v) is 10.6.